The Kier molecular flexibility index (Phi) is 5.52. The summed E-state index contributed by atoms with van der Waals surface area (Å²) in [6.45, 7) is 0.736. The van der Waals surface area contributed by atoms with Gasteiger partial charge in [-0.25, -0.2) is 4.79 Å². The quantitative estimate of drug-likeness (QED) is 0.588. The number of urea groups is 1. The number of carbonyl (C=O) groups excluding carboxylic acids is 2. The van der Waals surface area contributed by atoms with Crippen molar-refractivity contribution in [2.24, 2.45) is 0 Å². The lowest BCUT2D eigenvalue weighted by Gasteiger charge is -2.05. The molecule has 9 heteroatoms. The first kappa shape index (κ1) is 15.3. The van der Waals surface area contributed by atoms with E-state index in [1.165, 1.54) is 18.9 Å². The predicted octanol–water partition coefficient (Wildman–Crippen LogP) is 0.294. The van der Waals surface area contributed by atoms with Crippen LogP contribution in [0.5, 0.6) is 0 Å². The summed E-state index contributed by atoms with van der Waals surface area (Å²) in [4.78, 5) is 23.0. The topological polar surface area (TPSA) is 97.6 Å². The minimum absolute atomic E-state index is 0.0768. The molecule has 0 aromatic carbocycles. The summed E-state index contributed by atoms with van der Waals surface area (Å²) in [5, 5.41) is 13.3. The van der Waals surface area contributed by atoms with Crippen molar-refractivity contribution in [3.8, 4) is 0 Å². The van der Waals surface area contributed by atoms with Gasteiger partial charge in [0.1, 0.15) is 0 Å². The van der Waals surface area contributed by atoms with Crippen LogP contribution in [0.15, 0.2) is 29.6 Å². The standard InChI is InChI=1S/C12H15N5O3S/c1-20-7-5-13-11(19)14-10(18)8-21-12-16-15-9-4-2-3-6-17(9)12/h2-4,6H,5,7-8H2,1H3,(H2,13,14,18,19). The highest BCUT2D eigenvalue weighted by molar-refractivity contribution is 7.99. The number of imide groups is 1. The Bertz CT molecular complexity index is 630. The van der Waals surface area contributed by atoms with Gasteiger partial charge in [0.15, 0.2) is 10.8 Å². The SMILES string of the molecule is COCCNC(=O)NC(=O)CSc1nnc2ccccn12. The number of rotatable bonds is 6. The molecule has 112 valence electrons. The molecule has 2 aromatic rings. The maximum absolute atomic E-state index is 11.6. The first-order chi connectivity index (χ1) is 10.2. The number of methoxy groups -OCH3 is 1. The number of thioether (sulfide) groups is 1. The van der Waals surface area contributed by atoms with Crippen LogP contribution in [-0.2, 0) is 9.53 Å². The lowest BCUT2D eigenvalue weighted by Crippen LogP contribution is -2.41. The van der Waals surface area contributed by atoms with Gasteiger partial charge < -0.3 is 10.1 Å². The van der Waals surface area contributed by atoms with Crippen LogP contribution in [0, 0.1) is 0 Å². The summed E-state index contributed by atoms with van der Waals surface area (Å²) in [6.07, 6.45) is 1.81. The third-order valence-electron chi connectivity index (χ3n) is 2.46. The van der Waals surface area contributed by atoms with E-state index in [9.17, 15) is 9.59 Å². The Labute approximate surface area is 125 Å². The van der Waals surface area contributed by atoms with E-state index < -0.39 is 11.9 Å². The molecule has 2 rings (SSSR count). The number of nitrogens with zero attached hydrogens (tertiary/aromatic N) is 3. The molecule has 0 atom stereocenters. The Balaban J connectivity index is 1.80. The number of fused-ring (bicyclic) bond motifs is 1. The van der Waals surface area contributed by atoms with Crippen LogP contribution in [0.4, 0.5) is 4.79 Å². The number of hydrogen-bond acceptors (Lipinski definition) is 6. The van der Waals surface area contributed by atoms with Crippen LogP contribution in [0.2, 0.25) is 0 Å². The van der Waals surface area contributed by atoms with Gasteiger partial charge in [-0.1, -0.05) is 17.8 Å². The molecular formula is C12H15N5O3S. The lowest BCUT2D eigenvalue weighted by atomic mass is 10.5. The molecule has 2 heterocycles. The molecule has 0 aliphatic carbocycles. The molecular weight excluding hydrogens is 294 g/mol. The van der Waals surface area contributed by atoms with E-state index in [4.69, 9.17) is 4.74 Å². The fourth-order valence-corrected chi connectivity index (χ4v) is 2.25. The van der Waals surface area contributed by atoms with E-state index in [0.29, 0.717) is 24.0 Å². The average molecular weight is 309 g/mol. The van der Waals surface area contributed by atoms with Gasteiger partial charge in [0.05, 0.1) is 12.4 Å². The van der Waals surface area contributed by atoms with Crippen LogP contribution >= 0.6 is 11.8 Å². The van der Waals surface area contributed by atoms with E-state index in [-0.39, 0.29) is 5.75 Å². The first-order valence-corrected chi connectivity index (χ1v) is 7.18. The predicted molar refractivity (Wildman–Crippen MR) is 77.1 cm³/mol. The second-order valence-electron chi connectivity index (χ2n) is 4.00. The van der Waals surface area contributed by atoms with Crippen molar-refractivity contribution in [3.63, 3.8) is 0 Å². The third kappa shape index (κ3) is 4.43. The molecule has 0 saturated heterocycles. The minimum atomic E-state index is -0.538. The molecule has 0 unspecified atom stereocenters. The van der Waals surface area contributed by atoms with Crippen molar-refractivity contribution in [3.05, 3.63) is 24.4 Å². The number of hydrogen-bond donors (Lipinski definition) is 2. The maximum atomic E-state index is 11.6. The summed E-state index contributed by atoms with van der Waals surface area (Å²) < 4.78 is 6.56. The van der Waals surface area contributed by atoms with Crippen LogP contribution < -0.4 is 10.6 Å². The molecule has 2 aromatic heterocycles. The van der Waals surface area contributed by atoms with Gasteiger partial charge in [-0.3, -0.25) is 14.5 Å². The van der Waals surface area contributed by atoms with Gasteiger partial charge >= 0.3 is 6.03 Å². The maximum Gasteiger partial charge on any atom is 0.321 e. The summed E-state index contributed by atoms with van der Waals surface area (Å²) in [6, 6.07) is 4.99. The zero-order valence-corrected chi connectivity index (χ0v) is 12.2. The summed E-state index contributed by atoms with van der Waals surface area (Å²) in [5.74, 6) is -0.324. The monoisotopic (exact) mass is 309 g/mol. The fraction of sp³-hybridized carbons (Fsp3) is 0.333. The third-order valence-corrected chi connectivity index (χ3v) is 3.40. The Hall–Kier alpha value is -2.13. The Morgan fingerprint density at radius 1 is 1.38 bits per heavy atom. The molecule has 21 heavy (non-hydrogen) atoms. The second kappa shape index (κ2) is 7.60. The normalized spacial score (nSPS) is 10.5. The lowest BCUT2D eigenvalue weighted by molar-refractivity contribution is -0.117. The molecule has 0 bridgehead atoms. The number of pyridine rings is 1. The highest BCUT2D eigenvalue weighted by Gasteiger charge is 2.11. The van der Waals surface area contributed by atoms with Gasteiger partial charge in [0.2, 0.25) is 5.91 Å². The van der Waals surface area contributed by atoms with Crippen molar-refractivity contribution in [2.75, 3.05) is 26.0 Å². The number of carbonyl (C=O) groups is 2. The second-order valence-corrected chi connectivity index (χ2v) is 4.94. The van der Waals surface area contributed by atoms with Crippen molar-refractivity contribution in [1.29, 1.82) is 0 Å². The van der Waals surface area contributed by atoms with E-state index in [0.717, 1.165) is 0 Å². The molecule has 0 saturated carbocycles. The van der Waals surface area contributed by atoms with Crippen molar-refractivity contribution >= 4 is 29.3 Å². The van der Waals surface area contributed by atoms with Crippen LogP contribution in [0.1, 0.15) is 0 Å². The number of aromatic nitrogens is 3. The van der Waals surface area contributed by atoms with Gasteiger partial charge in [0.25, 0.3) is 0 Å². The van der Waals surface area contributed by atoms with Crippen molar-refractivity contribution in [1.82, 2.24) is 25.2 Å². The smallest absolute Gasteiger partial charge is 0.321 e. The van der Waals surface area contributed by atoms with Gasteiger partial charge in [0, 0.05) is 19.9 Å². The Morgan fingerprint density at radius 2 is 2.24 bits per heavy atom. The largest absolute Gasteiger partial charge is 0.383 e. The highest BCUT2D eigenvalue weighted by atomic mass is 32.2. The van der Waals surface area contributed by atoms with E-state index in [2.05, 4.69) is 20.8 Å². The molecule has 8 nitrogen and oxygen atoms in total. The van der Waals surface area contributed by atoms with Crippen LogP contribution in [0.25, 0.3) is 5.65 Å². The van der Waals surface area contributed by atoms with Gasteiger partial charge in [-0.05, 0) is 12.1 Å². The molecule has 0 aliphatic rings. The zero-order valence-electron chi connectivity index (χ0n) is 11.4. The number of ether oxygens (including phenoxy) is 1. The number of amides is 3. The Morgan fingerprint density at radius 3 is 3.05 bits per heavy atom. The molecule has 0 aliphatic heterocycles. The first-order valence-electron chi connectivity index (χ1n) is 6.20. The van der Waals surface area contributed by atoms with E-state index in [1.54, 1.807) is 4.40 Å². The summed E-state index contributed by atoms with van der Waals surface area (Å²) in [7, 11) is 1.53. The highest BCUT2D eigenvalue weighted by Crippen LogP contribution is 2.15. The van der Waals surface area contributed by atoms with Crippen LogP contribution in [-0.4, -0.2) is 52.6 Å². The van der Waals surface area contributed by atoms with E-state index >= 15 is 0 Å². The van der Waals surface area contributed by atoms with Crippen molar-refractivity contribution in [2.45, 2.75) is 5.16 Å². The molecule has 0 spiro atoms. The molecule has 0 radical (unpaired) electrons. The molecule has 2 N–H and O–H groups in total. The summed E-state index contributed by atoms with van der Waals surface area (Å²) in [5.41, 5.74) is 0.706. The van der Waals surface area contributed by atoms with Gasteiger partial charge in [-0.15, -0.1) is 10.2 Å². The molecule has 0 fully saturated rings. The van der Waals surface area contributed by atoms with Crippen molar-refractivity contribution < 1.29 is 14.3 Å². The number of nitrogens with one attached hydrogen (secondary N) is 2. The van der Waals surface area contributed by atoms with Crippen LogP contribution in [0.3, 0.4) is 0 Å². The fourth-order valence-electron chi connectivity index (χ4n) is 1.52. The average Bonchev–Trinajstić information content (AvgIpc) is 2.88. The summed E-state index contributed by atoms with van der Waals surface area (Å²) >= 11 is 1.21. The zero-order chi connectivity index (χ0) is 15.1. The van der Waals surface area contributed by atoms with Gasteiger partial charge in [-0.2, -0.15) is 0 Å². The minimum Gasteiger partial charge on any atom is -0.383 e. The van der Waals surface area contributed by atoms with E-state index in [1.807, 2.05) is 24.4 Å². The molecule has 3 amide bonds.